The molecule has 0 radical (unpaired) electrons. The van der Waals surface area contributed by atoms with Gasteiger partial charge in [0.15, 0.2) is 0 Å². The van der Waals surface area contributed by atoms with Gasteiger partial charge in [0.2, 0.25) is 0 Å². The Morgan fingerprint density at radius 3 is 1.90 bits per heavy atom. The van der Waals surface area contributed by atoms with E-state index in [9.17, 15) is 13.2 Å². The maximum Gasteiger partial charge on any atom is 0.490 e. The van der Waals surface area contributed by atoms with E-state index in [1.807, 2.05) is 52.0 Å². The summed E-state index contributed by atoms with van der Waals surface area (Å²) in [6.07, 6.45) is -2.42. The number of allylic oxidation sites excluding steroid dienone is 1. The molecule has 2 aromatic carbocycles. The number of hydrogen-bond acceptors (Lipinski definition) is 2. The topological polar surface area (TPSA) is 18.5 Å². The quantitative estimate of drug-likeness (QED) is 0.500. The average Bonchev–Trinajstić information content (AvgIpc) is 2.89. The molecule has 1 aliphatic heterocycles. The van der Waals surface area contributed by atoms with E-state index in [1.165, 1.54) is 17.3 Å². The van der Waals surface area contributed by atoms with Crippen LogP contribution in [-0.2, 0) is 15.5 Å². The van der Waals surface area contributed by atoms with Gasteiger partial charge < -0.3 is 9.31 Å². The normalized spacial score (nSPS) is 19.0. The molecule has 1 heterocycles. The Labute approximate surface area is 184 Å². The largest absolute Gasteiger partial charge is 0.490 e. The van der Waals surface area contributed by atoms with Crippen LogP contribution in [0, 0.1) is 0 Å². The molecule has 0 spiro atoms. The van der Waals surface area contributed by atoms with Gasteiger partial charge in [0.1, 0.15) is 0 Å². The minimum atomic E-state index is -4.35. The van der Waals surface area contributed by atoms with Crippen LogP contribution in [0.5, 0.6) is 0 Å². The summed E-state index contributed by atoms with van der Waals surface area (Å²) in [5.41, 5.74) is 0.0281. The minimum Gasteiger partial charge on any atom is -0.400 e. The van der Waals surface area contributed by atoms with E-state index in [2.05, 4.69) is 25.2 Å². The molecule has 0 aromatic heterocycles. The van der Waals surface area contributed by atoms with E-state index in [0.717, 1.165) is 23.6 Å². The maximum atomic E-state index is 13.0. The van der Waals surface area contributed by atoms with Gasteiger partial charge in [-0.3, -0.25) is 0 Å². The molecule has 1 saturated heterocycles. The van der Waals surface area contributed by atoms with E-state index in [4.69, 9.17) is 9.31 Å². The Bertz CT molecular complexity index is 920. The molecule has 1 fully saturated rings. The number of alkyl halides is 3. The zero-order valence-electron chi connectivity index (χ0n) is 19.0. The number of halogens is 3. The van der Waals surface area contributed by atoms with Gasteiger partial charge in [-0.2, -0.15) is 13.2 Å². The summed E-state index contributed by atoms with van der Waals surface area (Å²) in [7, 11) is -2.44. The summed E-state index contributed by atoms with van der Waals surface area (Å²) in [5.74, 6) is 0. The van der Waals surface area contributed by atoms with Gasteiger partial charge in [0.25, 0.3) is 0 Å². The van der Waals surface area contributed by atoms with E-state index in [1.54, 1.807) is 0 Å². The van der Waals surface area contributed by atoms with Crippen LogP contribution in [0.4, 0.5) is 13.2 Å². The number of rotatable bonds is 5. The van der Waals surface area contributed by atoms with Crippen molar-refractivity contribution in [1.82, 2.24) is 0 Å². The fraction of sp³-hybridized carbons (Fsp3) is 0.417. The van der Waals surface area contributed by atoms with Gasteiger partial charge in [-0.05, 0) is 56.9 Å². The van der Waals surface area contributed by atoms with Crippen molar-refractivity contribution in [2.75, 3.05) is 0 Å². The fourth-order valence-corrected chi connectivity index (χ4v) is 6.27. The van der Waals surface area contributed by atoms with Gasteiger partial charge in [0.05, 0.1) is 24.8 Å². The van der Waals surface area contributed by atoms with Crippen molar-refractivity contribution >= 4 is 26.5 Å². The van der Waals surface area contributed by atoms with E-state index in [-0.39, 0.29) is 0 Å². The van der Waals surface area contributed by atoms with Crippen molar-refractivity contribution in [3.05, 3.63) is 71.2 Å². The molecule has 0 atom stereocenters. The molecule has 0 aliphatic carbocycles. The molecule has 1 aliphatic rings. The third kappa shape index (κ3) is 5.33. The number of benzene rings is 2. The lowest BCUT2D eigenvalue weighted by atomic mass is 9.78. The van der Waals surface area contributed by atoms with E-state index >= 15 is 0 Å². The van der Waals surface area contributed by atoms with Crippen LogP contribution < -0.4 is 5.19 Å². The second-order valence-electron chi connectivity index (χ2n) is 9.85. The zero-order chi connectivity index (χ0) is 23.1. The van der Waals surface area contributed by atoms with Gasteiger partial charge in [0, 0.05) is 0 Å². The second-order valence-corrected chi connectivity index (χ2v) is 14.6. The SMILES string of the molecule is CC1(C)OB(C(=Cc2ccc(C(F)(F)F)cc2)C[Si](C)(C)c2ccccc2)OC1(C)C. The molecule has 0 amide bonds. The average molecular weight is 446 g/mol. The highest BCUT2D eigenvalue weighted by Crippen LogP contribution is 2.40. The molecule has 166 valence electrons. The number of hydrogen-bond donors (Lipinski definition) is 0. The predicted octanol–water partition coefficient (Wildman–Crippen LogP) is 6.34. The first kappa shape index (κ1) is 23.8. The summed E-state index contributed by atoms with van der Waals surface area (Å²) < 4.78 is 51.5. The minimum absolute atomic E-state index is 0.491. The van der Waals surface area contributed by atoms with Crippen LogP contribution in [0.15, 0.2) is 60.1 Å². The van der Waals surface area contributed by atoms with Gasteiger partial charge in [-0.15, -0.1) is 0 Å². The first-order valence-electron chi connectivity index (χ1n) is 10.5. The monoisotopic (exact) mass is 446 g/mol. The Hall–Kier alpha value is -1.83. The van der Waals surface area contributed by atoms with Crippen LogP contribution in [0.25, 0.3) is 6.08 Å². The lowest BCUT2D eigenvalue weighted by Gasteiger charge is -2.32. The van der Waals surface area contributed by atoms with Crippen LogP contribution in [0.1, 0.15) is 38.8 Å². The Balaban J connectivity index is 1.98. The summed E-state index contributed by atoms with van der Waals surface area (Å²) >= 11 is 0. The van der Waals surface area contributed by atoms with E-state index in [0.29, 0.717) is 5.56 Å². The molecule has 31 heavy (non-hydrogen) atoms. The van der Waals surface area contributed by atoms with Crippen LogP contribution in [-0.4, -0.2) is 26.4 Å². The molecule has 0 saturated carbocycles. The molecule has 7 heteroatoms. The third-order valence-corrected chi connectivity index (χ3v) is 9.54. The summed E-state index contributed by atoms with van der Waals surface area (Å²) in [4.78, 5) is 0. The van der Waals surface area contributed by atoms with Crippen molar-refractivity contribution in [2.45, 2.75) is 64.2 Å². The summed E-state index contributed by atoms with van der Waals surface area (Å²) in [6, 6.07) is 16.4. The van der Waals surface area contributed by atoms with Crippen molar-refractivity contribution < 1.29 is 22.5 Å². The summed E-state index contributed by atoms with van der Waals surface area (Å²) in [6.45, 7) is 12.6. The molecule has 0 bridgehead atoms. The van der Waals surface area contributed by atoms with Crippen molar-refractivity contribution in [3.8, 4) is 0 Å². The molecule has 0 unspecified atom stereocenters. The molecule has 2 nitrogen and oxygen atoms in total. The highest BCUT2D eigenvalue weighted by atomic mass is 28.3. The fourth-order valence-electron chi connectivity index (χ4n) is 3.68. The molecule has 3 rings (SSSR count). The van der Waals surface area contributed by atoms with Crippen LogP contribution in [0.3, 0.4) is 0 Å². The Kier molecular flexibility index (Phi) is 6.35. The van der Waals surface area contributed by atoms with Gasteiger partial charge in [-0.1, -0.05) is 66.8 Å². The van der Waals surface area contributed by atoms with Crippen LogP contribution in [0.2, 0.25) is 19.1 Å². The smallest absolute Gasteiger partial charge is 0.400 e. The van der Waals surface area contributed by atoms with Crippen LogP contribution >= 0.6 is 0 Å². The van der Waals surface area contributed by atoms with Crippen molar-refractivity contribution in [2.24, 2.45) is 0 Å². The highest BCUT2D eigenvalue weighted by molar-refractivity contribution is 6.91. The first-order valence-corrected chi connectivity index (χ1v) is 13.7. The van der Waals surface area contributed by atoms with Gasteiger partial charge >= 0.3 is 13.3 Å². The molecular weight excluding hydrogens is 416 g/mol. The first-order chi connectivity index (χ1) is 14.2. The van der Waals surface area contributed by atoms with Crippen molar-refractivity contribution in [3.63, 3.8) is 0 Å². The lowest BCUT2D eigenvalue weighted by molar-refractivity contribution is -0.137. The molecule has 0 N–H and O–H groups in total. The molecule has 2 aromatic rings. The van der Waals surface area contributed by atoms with Crippen molar-refractivity contribution in [1.29, 1.82) is 0 Å². The predicted molar refractivity (Wildman–Crippen MR) is 124 cm³/mol. The van der Waals surface area contributed by atoms with E-state index < -0.39 is 38.1 Å². The van der Waals surface area contributed by atoms with Gasteiger partial charge in [-0.25, -0.2) is 0 Å². The Morgan fingerprint density at radius 1 is 0.903 bits per heavy atom. The maximum absolute atomic E-state index is 13.0. The molecular formula is C24H30BF3O2Si. The standard InChI is InChI=1S/C24H30BF3O2Si/c1-22(2)23(3,4)30-25(29-22)20(17-31(5,6)21-10-8-7-9-11-21)16-18-12-14-19(15-13-18)24(26,27)28/h7-16H,17H2,1-6H3. The lowest BCUT2D eigenvalue weighted by Crippen LogP contribution is -2.43. The third-order valence-electron chi connectivity index (χ3n) is 6.35. The second kappa shape index (κ2) is 8.26. The zero-order valence-corrected chi connectivity index (χ0v) is 20.0. The highest BCUT2D eigenvalue weighted by Gasteiger charge is 2.52. The Morgan fingerprint density at radius 2 is 1.42 bits per heavy atom. The summed E-state index contributed by atoms with van der Waals surface area (Å²) in [5, 5.41) is 1.31.